The first-order valence-corrected chi connectivity index (χ1v) is 14.0. The summed E-state index contributed by atoms with van der Waals surface area (Å²) < 4.78 is 17.7. The molecule has 0 aromatic heterocycles. The van der Waals surface area contributed by atoms with E-state index in [1.807, 2.05) is 66.7 Å². The Morgan fingerprint density at radius 1 is 0.415 bits per heavy atom. The van der Waals surface area contributed by atoms with Crippen LogP contribution in [-0.4, -0.2) is 31.5 Å². The lowest BCUT2D eigenvalue weighted by atomic mass is 9.80. The van der Waals surface area contributed by atoms with Gasteiger partial charge in [0.1, 0.15) is 5.60 Å². The smallest absolute Gasteiger partial charge is 0.143 e. The average Bonchev–Trinajstić information content (AvgIpc) is 3.06. The Balaban J connectivity index is 0.000000296. The van der Waals surface area contributed by atoms with Crippen LogP contribution in [0.2, 0.25) is 0 Å². The summed E-state index contributed by atoms with van der Waals surface area (Å²) in [5.41, 5.74) is 4.92. The van der Waals surface area contributed by atoms with Crippen LogP contribution in [0.25, 0.3) is 0 Å². The number of hydrogen-bond acceptors (Lipinski definition) is 4. The first kappa shape index (κ1) is 29.9. The SMILES string of the molecule is OCCOCc1ccccc1.c1ccc(COCCOC(c2ccccc2)(c2ccccc2)c2ccccc2)cc1. The normalized spacial score (nSPS) is 11.0. The van der Waals surface area contributed by atoms with Gasteiger partial charge in [-0.1, -0.05) is 152 Å². The number of hydrogen-bond donors (Lipinski definition) is 1. The van der Waals surface area contributed by atoms with Gasteiger partial charge in [0, 0.05) is 0 Å². The molecule has 4 heteroatoms. The van der Waals surface area contributed by atoms with Crippen molar-refractivity contribution in [2.24, 2.45) is 0 Å². The fourth-order valence-electron chi connectivity index (χ4n) is 4.62. The monoisotopic (exact) mass is 546 g/mol. The van der Waals surface area contributed by atoms with Gasteiger partial charge in [-0.2, -0.15) is 0 Å². The number of rotatable bonds is 13. The van der Waals surface area contributed by atoms with Gasteiger partial charge in [0.25, 0.3) is 0 Å². The van der Waals surface area contributed by atoms with E-state index in [2.05, 4.69) is 84.9 Å². The third kappa shape index (κ3) is 8.97. The lowest BCUT2D eigenvalue weighted by molar-refractivity contribution is -0.0270. The summed E-state index contributed by atoms with van der Waals surface area (Å²) in [5, 5.41) is 8.42. The van der Waals surface area contributed by atoms with Gasteiger partial charge in [-0.3, -0.25) is 0 Å². The van der Waals surface area contributed by atoms with Crippen molar-refractivity contribution in [2.75, 3.05) is 26.4 Å². The molecule has 0 spiro atoms. The Bertz CT molecular complexity index is 1250. The fourth-order valence-corrected chi connectivity index (χ4v) is 4.62. The van der Waals surface area contributed by atoms with Gasteiger partial charge >= 0.3 is 0 Å². The molecule has 0 unspecified atom stereocenters. The Kier molecular flexibility index (Phi) is 12.3. The summed E-state index contributed by atoms with van der Waals surface area (Å²) in [7, 11) is 0. The van der Waals surface area contributed by atoms with Crippen LogP contribution in [0.3, 0.4) is 0 Å². The van der Waals surface area contributed by atoms with Crippen LogP contribution in [-0.2, 0) is 33.0 Å². The lowest BCUT2D eigenvalue weighted by Gasteiger charge is -2.36. The van der Waals surface area contributed by atoms with E-state index in [1.165, 1.54) is 0 Å². The number of aliphatic hydroxyl groups is 1. The summed E-state index contributed by atoms with van der Waals surface area (Å²) in [5.74, 6) is 0. The first-order chi connectivity index (χ1) is 20.3. The van der Waals surface area contributed by atoms with Crippen molar-refractivity contribution >= 4 is 0 Å². The molecule has 0 fully saturated rings. The molecule has 0 amide bonds. The van der Waals surface area contributed by atoms with E-state index in [9.17, 15) is 0 Å². The van der Waals surface area contributed by atoms with E-state index in [0.717, 1.165) is 27.8 Å². The van der Waals surface area contributed by atoms with E-state index in [0.29, 0.717) is 33.0 Å². The molecule has 5 aromatic carbocycles. The molecule has 0 radical (unpaired) electrons. The van der Waals surface area contributed by atoms with Crippen LogP contribution in [0.1, 0.15) is 27.8 Å². The maximum atomic E-state index is 8.42. The van der Waals surface area contributed by atoms with Crippen molar-refractivity contribution in [1.29, 1.82) is 0 Å². The summed E-state index contributed by atoms with van der Waals surface area (Å²) in [6.07, 6.45) is 0. The van der Waals surface area contributed by atoms with Gasteiger partial charge in [0.2, 0.25) is 0 Å². The third-order valence-corrected chi connectivity index (χ3v) is 6.55. The second-order valence-electron chi connectivity index (χ2n) is 9.43. The molecule has 0 aliphatic heterocycles. The van der Waals surface area contributed by atoms with E-state index in [1.54, 1.807) is 0 Å². The summed E-state index contributed by atoms with van der Waals surface area (Å²) >= 11 is 0. The highest BCUT2D eigenvalue weighted by Gasteiger charge is 2.37. The predicted molar refractivity (Wildman–Crippen MR) is 164 cm³/mol. The van der Waals surface area contributed by atoms with Crippen molar-refractivity contribution in [2.45, 2.75) is 18.8 Å². The molecular formula is C37H38O4. The Hall–Kier alpha value is -4.06. The zero-order valence-corrected chi connectivity index (χ0v) is 23.3. The number of aliphatic hydroxyl groups excluding tert-OH is 1. The molecule has 0 bridgehead atoms. The van der Waals surface area contributed by atoms with Crippen LogP contribution in [0.5, 0.6) is 0 Å². The minimum Gasteiger partial charge on any atom is -0.394 e. The lowest BCUT2D eigenvalue weighted by Crippen LogP contribution is -2.34. The first-order valence-electron chi connectivity index (χ1n) is 14.0. The van der Waals surface area contributed by atoms with Gasteiger partial charge < -0.3 is 19.3 Å². The summed E-state index contributed by atoms with van der Waals surface area (Å²) in [4.78, 5) is 0. The molecule has 0 saturated carbocycles. The van der Waals surface area contributed by atoms with Crippen molar-refractivity contribution in [3.05, 3.63) is 179 Å². The van der Waals surface area contributed by atoms with Crippen LogP contribution < -0.4 is 0 Å². The molecule has 5 aromatic rings. The Morgan fingerprint density at radius 3 is 1.12 bits per heavy atom. The zero-order chi connectivity index (χ0) is 28.4. The molecule has 5 rings (SSSR count). The maximum Gasteiger partial charge on any atom is 0.143 e. The molecule has 210 valence electrons. The summed E-state index contributed by atoms with van der Waals surface area (Å²) in [6.45, 7) is 2.66. The van der Waals surface area contributed by atoms with Gasteiger partial charge in [0.15, 0.2) is 0 Å². The number of ether oxygens (including phenoxy) is 3. The van der Waals surface area contributed by atoms with Crippen LogP contribution in [0.4, 0.5) is 0 Å². The molecule has 0 aliphatic rings. The van der Waals surface area contributed by atoms with Crippen LogP contribution >= 0.6 is 0 Å². The van der Waals surface area contributed by atoms with Gasteiger partial charge in [-0.15, -0.1) is 0 Å². The third-order valence-electron chi connectivity index (χ3n) is 6.55. The second-order valence-corrected chi connectivity index (χ2v) is 9.43. The van der Waals surface area contributed by atoms with Crippen molar-refractivity contribution in [3.8, 4) is 0 Å². The minimum atomic E-state index is -0.695. The van der Waals surface area contributed by atoms with E-state index < -0.39 is 5.60 Å². The fraction of sp³-hybridized carbons (Fsp3) is 0.189. The van der Waals surface area contributed by atoms with Gasteiger partial charge in [-0.05, 0) is 27.8 Å². The second kappa shape index (κ2) is 16.9. The molecule has 4 nitrogen and oxygen atoms in total. The maximum absolute atomic E-state index is 8.42. The molecule has 0 atom stereocenters. The quantitative estimate of drug-likeness (QED) is 0.123. The topological polar surface area (TPSA) is 47.9 Å². The molecule has 1 N–H and O–H groups in total. The zero-order valence-electron chi connectivity index (χ0n) is 23.3. The highest BCUT2D eigenvalue weighted by atomic mass is 16.5. The van der Waals surface area contributed by atoms with Gasteiger partial charge in [-0.25, -0.2) is 0 Å². The Labute approximate surface area is 243 Å². The Morgan fingerprint density at radius 2 is 0.756 bits per heavy atom. The van der Waals surface area contributed by atoms with E-state index in [4.69, 9.17) is 19.3 Å². The summed E-state index contributed by atoms with van der Waals surface area (Å²) in [6, 6.07) is 51.4. The molecule has 0 heterocycles. The highest BCUT2D eigenvalue weighted by Crippen LogP contribution is 2.40. The number of benzene rings is 5. The minimum absolute atomic E-state index is 0.0901. The van der Waals surface area contributed by atoms with Crippen molar-refractivity contribution in [3.63, 3.8) is 0 Å². The van der Waals surface area contributed by atoms with Crippen LogP contribution in [0, 0.1) is 0 Å². The van der Waals surface area contributed by atoms with Crippen molar-refractivity contribution in [1.82, 2.24) is 0 Å². The largest absolute Gasteiger partial charge is 0.394 e. The molecule has 0 saturated heterocycles. The molecule has 41 heavy (non-hydrogen) atoms. The molecule has 0 aliphatic carbocycles. The molecular weight excluding hydrogens is 508 g/mol. The van der Waals surface area contributed by atoms with Crippen LogP contribution in [0.15, 0.2) is 152 Å². The highest BCUT2D eigenvalue weighted by molar-refractivity contribution is 5.47. The van der Waals surface area contributed by atoms with E-state index in [-0.39, 0.29) is 6.61 Å². The van der Waals surface area contributed by atoms with Gasteiger partial charge in [0.05, 0.1) is 39.6 Å². The predicted octanol–water partition coefficient (Wildman–Crippen LogP) is 7.41. The average molecular weight is 547 g/mol. The van der Waals surface area contributed by atoms with Crippen molar-refractivity contribution < 1.29 is 19.3 Å². The standard InChI is InChI=1S/C28H26O2.C9H12O2/c1-5-13-24(14-6-1)23-29-21-22-30-28(25-15-7-2-8-16-25,26-17-9-3-10-18-26)27-19-11-4-12-20-27;10-6-7-11-8-9-4-2-1-3-5-9/h1-20H,21-23H2;1-5,10H,6-8H2. The van der Waals surface area contributed by atoms with E-state index >= 15 is 0 Å².